The van der Waals surface area contributed by atoms with Crippen LogP contribution < -0.4 is 5.32 Å². The van der Waals surface area contributed by atoms with E-state index in [2.05, 4.69) is 17.2 Å². The minimum atomic E-state index is 0.763. The zero-order valence-corrected chi connectivity index (χ0v) is 8.75. The van der Waals surface area contributed by atoms with E-state index in [9.17, 15) is 0 Å². The zero-order valence-electron chi connectivity index (χ0n) is 7.17. The molecule has 0 aliphatic carbocycles. The Kier molecular flexibility index (Phi) is 2.38. The van der Waals surface area contributed by atoms with Gasteiger partial charge >= 0.3 is 0 Å². The minimum absolute atomic E-state index is 0.763. The summed E-state index contributed by atoms with van der Waals surface area (Å²) >= 11 is 7.49. The molecular formula is C9H9ClN2S. The smallest absolute Gasteiger partial charge is 0.183 e. The van der Waals surface area contributed by atoms with Crippen LogP contribution in [0.5, 0.6) is 0 Å². The third kappa shape index (κ3) is 1.76. The highest BCUT2D eigenvalue weighted by molar-refractivity contribution is 7.22. The average Bonchev–Trinajstić information content (AvgIpc) is 2.46. The Balaban J connectivity index is 2.49. The summed E-state index contributed by atoms with van der Waals surface area (Å²) in [5, 5.41) is 4.90. The second-order valence-electron chi connectivity index (χ2n) is 2.66. The van der Waals surface area contributed by atoms with Crippen molar-refractivity contribution in [1.29, 1.82) is 0 Å². The van der Waals surface area contributed by atoms with E-state index in [0.717, 1.165) is 26.9 Å². The number of nitrogens with zero attached hydrogens (tertiary/aromatic N) is 1. The van der Waals surface area contributed by atoms with Gasteiger partial charge < -0.3 is 5.32 Å². The summed E-state index contributed by atoms with van der Waals surface area (Å²) in [4.78, 5) is 4.39. The van der Waals surface area contributed by atoms with Crippen molar-refractivity contribution >= 4 is 38.3 Å². The molecule has 0 bridgehead atoms. The predicted molar refractivity (Wildman–Crippen MR) is 58.8 cm³/mol. The number of halogens is 1. The largest absolute Gasteiger partial charge is 0.362 e. The standard InChI is InChI=1S/C9H9ClN2S/c1-2-11-9-12-7-4-3-6(10)5-8(7)13-9/h3-5H,2H2,1H3,(H,11,12). The van der Waals surface area contributed by atoms with Gasteiger partial charge in [0, 0.05) is 11.6 Å². The van der Waals surface area contributed by atoms with Crippen LogP contribution >= 0.6 is 22.9 Å². The van der Waals surface area contributed by atoms with Crippen LogP contribution in [-0.4, -0.2) is 11.5 Å². The first-order valence-electron chi connectivity index (χ1n) is 4.09. The molecule has 1 aromatic carbocycles. The lowest BCUT2D eigenvalue weighted by molar-refractivity contribution is 1.20. The van der Waals surface area contributed by atoms with Gasteiger partial charge in [-0.05, 0) is 25.1 Å². The molecule has 68 valence electrons. The number of hydrogen-bond donors (Lipinski definition) is 1. The van der Waals surface area contributed by atoms with Crippen molar-refractivity contribution in [2.75, 3.05) is 11.9 Å². The maximum atomic E-state index is 5.86. The quantitative estimate of drug-likeness (QED) is 0.826. The summed E-state index contributed by atoms with van der Waals surface area (Å²) in [6.07, 6.45) is 0. The molecule has 0 aliphatic rings. The lowest BCUT2D eigenvalue weighted by Crippen LogP contribution is -1.94. The third-order valence-corrected chi connectivity index (χ3v) is 2.89. The van der Waals surface area contributed by atoms with Gasteiger partial charge in [-0.2, -0.15) is 0 Å². The van der Waals surface area contributed by atoms with Gasteiger partial charge in [0.05, 0.1) is 10.2 Å². The molecule has 0 atom stereocenters. The van der Waals surface area contributed by atoms with E-state index in [1.807, 2.05) is 18.2 Å². The summed E-state index contributed by atoms with van der Waals surface area (Å²) in [7, 11) is 0. The molecule has 0 unspecified atom stereocenters. The Morgan fingerprint density at radius 3 is 3.15 bits per heavy atom. The van der Waals surface area contributed by atoms with Crippen LogP contribution in [-0.2, 0) is 0 Å². The van der Waals surface area contributed by atoms with E-state index < -0.39 is 0 Å². The van der Waals surface area contributed by atoms with Crippen molar-refractivity contribution in [3.63, 3.8) is 0 Å². The number of benzene rings is 1. The van der Waals surface area contributed by atoms with Crippen LogP contribution in [0.2, 0.25) is 5.02 Å². The number of nitrogens with one attached hydrogen (secondary N) is 1. The van der Waals surface area contributed by atoms with Crippen LogP contribution in [0.25, 0.3) is 10.2 Å². The second kappa shape index (κ2) is 3.52. The lowest BCUT2D eigenvalue weighted by Gasteiger charge is -1.91. The fourth-order valence-corrected chi connectivity index (χ4v) is 2.34. The topological polar surface area (TPSA) is 24.9 Å². The molecule has 0 saturated carbocycles. The summed E-state index contributed by atoms with van der Waals surface area (Å²) in [6.45, 7) is 2.95. The summed E-state index contributed by atoms with van der Waals surface area (Å²) < 4.78 is 1.13. The van der Waals surface area contributed by atoms with Crippen LogP contribution in [0.15, 0.2) is 18.2 Å². The fourth-order valence-electron chi connectivity index (χ4n) is 1.13. The number of thiazole rings is 1. The Morgan fingerprint density at radius 1 is 1.54 bits per heavy atom. The van der Waals surface area contributed by atoms with Crippen molar-refractivity contribution in [3.8, 4) is 0 Å². The van der Waals surface area contributed by atoms with E-state index in [1.54, 1.807) is 11.3 Å². The highest BCUT2D eigenvalue weighted by Gasteiger charge is 2.02. The summed E-state index contributed by atoms with van der Waals surface area (Å²) in [5.41, 5.74) is 1.00. The van der Waals surface area contributed by atoms with Gasteiger partial charge in [0.15, 0.2) is 5.13 Å². The average molecular weight is 213 g/mol. The van der Waals surface area contributed by atoms with Gasteiger partial charge in [0.2, 0.25) is 0 Å². The van der Waals surface area contributed by atoms with Crippen molar-refractivity contribution in [2.24, 2.45) is 0 Å². The second-order valence-corrected chi connectivity index (χ2v) is 4.13. The first-order chi connectivity index (χ1) is 6.29. The molecule has 4 heteroatoms. The number of aromatic nitrogens is 1. The fraction of sp³-hybridized carbons (Fsp3) is 0.222. The van der Waals surface area contributed by atoms with Crippen LogP contribution in [0.3, 0.4) is 0 Å². The normalized spacial score (nSPS) is 10.6. The molecular weight excluding hydrogens is 204 g/mol. The predicted octanol–water partition coefficient (Wildman–Crippen LogP) is 3.38. The zero-order chi connectivity index (χ0) is 9.26. The van der Waals surface area contributed by atoms with E-state index in [-0.39, 0.29) is 0 Å². The van der Waals surface area contributed by atoms with Crippen LogP contribution in [0, 0.1) is 0 Å². The molecule has 0 radical (unpaired) electrons. The monoisotopic (exact) mass is 212 g/mol. The van der Waals surface area contributed by atoms with E-state index in [0.29, 0.717) is 0 Å². The molecule has 0 amide bonds. The highest BCUT2D eigenvalue weighted by atomic mass is 35.5. The van der Waals surface area contributed by atoms with Gasteiger partial charge in [0.1, 0.15) is 0 Å². The molecule has 0 spiro atoms. The molecule has 2 aromatic rings. The Bertz CT molecular complexity index is 424. The van der Waals surface area contributed by atoms with Crippen molar-refractivity contribution < 1.29 is 0 Å². The molecule has 0 aliphatic heterocycles. The maximum Gasteiger partial charge on any atom is 0.183 e. The van der Waals surface area contributed by atoms with Gasteiger partial charge in [-0.3, -0.25) is 0 Å². The van der Waals surface area contributed by atoms with E-state index >= 15 is 0 Å². The number of fused-ring (bicyclic) bond motifs is 1. The van der Waals surface area contributed by atoms with Crippen molar-refractivity contribution in [3.05, 3.63) is 23.2 Å². The Morgan fingerprint density at radius 2 is 2.38 bits per heavy atom. The van der Waals surface area contributed by atoms with E-state index in [4.69, 9.17) is 11.6 Å². The highest BCUT2D eigenvalue weighted by Crippen LogP contribution is 2.27. The lowest BCUT2D eigenvalue weighted by atomic mass is 10.3. The van der Waals surface area contributed by atoms with Crippen LogP contribution in [0.1, 0.15) is 6.92 Å². The molecule has 2 rings (SSSR count). The molecule has 0 saturated heterocycles. The van der Waals surface area contributed by atoms with Gasteiger partial charge in [-0.1, -0.05) is 22.9 Å². The first kappa shape index (κ1) is 8.78. The summed E-state index contributed by atoms with van der Waals surface area (Å²) in [5.74, 6) is 0. The maximum absolute atomic E-state index is 5.86. The van der Waals surface area contributed by atoms with Gasteiger partial charge in [0.25, 0.3) is 0 Å². The minimum Gasteiger partial charge on any atom is -0.362 e. The van der Waals surface area contributed by atoms with Crippen molar-refractivity contribution in [2.45, 2.75) is 6.92 Å². The Hall–Kier alpha value is -0.800. The third-order valence-electron chi connectivity index (χ3n) is 1.68. The number of hydrogen-bond acceptors (Lipinski definition) is 3. The van der Waals surface area contributed by atoms with Gasteiger partial charge in [-0.15, -0.1) is 0 Å². The van der Waals surface area contributed by atoms with Gasteiger partial charge in [-0.25, -0.2) is 4.98 Å². The number of anilines is 1. The van der Waals surface area contributed by atoms with Crippen molar-refractivity contribution in [1.82, 2.24) is 4.98 Å². The molecule has 13 heavy (non-hydrogen) atoms. The first-order valence-corrected chi connectivity index (χ1v) is 5.29. The summed E-state index contributed by atoms with van der Waals surface area (Å²) in [6, 6.07) is 5.74. The van der Waals surface area contributed by atoms with Crippen LogP contribution in [0.4, 0.5) is 5.13 Å². The molecule has 0 fully saturated rings. The molecule has 2 nitrogen and oxygen atoms in total. The number of rotatable bonds is 2. The Labute approximate surface area is 85.6 Å². The molecule has 1 aromatic heterocycles. The SMILES string of the molecule is CCNc1nc2ccc(Cl)cc2s1. The molecule has 1 N–H and O–H groups in total. The van der Waals surface area contributed by atoms with E-state index in [1.165, 1.54) is 0 Å². The molecule has 1 heterocycles.